The molecular formula is C26H26N2O5S. The highest BCUT2D eigenvalue weighted by molar-refractivity contribution is 7.15. The van der Waals surface area contributed by atoms with E-state index < -0.39 is 23.4 Å². The Labute approximate surface area is 202 Å². The van der Waals surface area contributed by atoms with Crippen LogP contribution in [0.25, 0.3) is 11.1 Å². The number of ether oxygens (including phenoxy) is 2. The minimum Gasteiger partial charge on any atom is -0.465 e. The number of aryl methyl sites for hydroxylation is 2. The molecule has 1 atom stereocenters. The molecule has 0 bridgehead atoms. The largest absolute Gasteiger partial charge is 0.465 e. The molecule has 2 heterocycles. The first kappa shape index (κ1) is 23.5. The average Bonchev–Trinajstić information content (AvgIpc) is 3.22. The Morgan fingerprint density at radius 3 is 2.47 bits per heavy atom. The van der Waals surface area contributed by atoms with Gasteiger partial charge in [-0.3, -0.25) is 9.59 Å². The van der Waals surface area contributed by atoms with Crippen LogP contribution in [0.2, 0.25) is 0 Å². The lowest BCUT2D eigenvalue weighted by atomic mass is 9.99. The number of carbonyl (C=O) groups excluding carboxylic acids is 3. The zero-order valence-corrected chi connectivity index (χ0v) is 20.5. The van der Waals surface area contributed by atoms with E-state index in [-0.39, 0.29) is 12.2 Å². The van der Waals surface area contributed by atoms with Crippen LogP contribution in [0.5, 0.6) is 5.75 Å². The second kappa shape index (κ2) is 8.95. The first-order valence-electron chi connectivity index (χ1n) is 10.9. The summed E-state index contributed by atoms with van der Waals surface area (Å²) in [5.41, 5.74) is 2.57. The number of carbonyl (C=O) groups is 3. The Morgan fingerprint density at radius 1 is 1.12 bits per heavy atom. The highest BCUT2D eigenvalue weighted by Crippen LogP contribution is 2.40. The number of anilines is 2. The fourth-order valence-electron chi connectivity index (χ4n) is 3.84. The summed E-state index contributed by atoms with van der Waals surface area (Å²) in [7, 11) is 1.61. The highest BCUT2D eigenvalue weighted by atomic mass is 32.1. The van der Waals surface area contributed by atoms with Crippen LogP contribution < -0.4 is 15.0 Å². The van der Waals surface area contributed by atoms with Crippen molar-refractivity contribution in [3.05, 3.63) is 64.5 Å². The van der Waals surface area contributed by atoms with Crippen LogP contribution in [0.3, 0.4) is 0 Å². The van der Waals surface area contributed by atoms with Gasteiger partial charge in [0.25, 0.3) is 17.4 Å². The van der Waals surface area contributed by atoms with Crippen molar-refractivity contribution in [2.45, 2.75) is 33.3 Å². The number of hydrogen-bond acceptors (Lipinski definition) is 6. The summed E-state index contributed by atoms with van der Waals surface area (Å²) in [6, 6.07) is 13.1. The van der Waals surface area contributed by atoms with Crippen LogP contribution in [0.1, 0.15) is 35.3 Å². The summed E-state index contributed by atoms with van der Waals surface area (Å²) in [5.74, 6) is -1.29. The summed E-state index contributed by atoms with van der Waals surface area (Å²) < 4.78 is 11.2. The number of fused-ring (bicyclic) bond motifs is 1. The van der Waals surface area contributed by atoms with E-state index in [1.165, 1.54) is 23.2 Å². The minimum absolute atomic E-state index is 0.190. The predicted molar refractivity (Wildman–Crippen MR) is 133 cm³/mol. The highest BCUT2D eigenvalue weighted by Gasteiger charge is 2.50. The van der Waals surface area contributed by atoms with Crippen molar-refractivity contribution in [2.24, 2.45) is 0 Å². The molecular weight excluding hydrogens is 452 g/mol. The van der Waals surface area contributed by atoms with Crippen molar-refractivity contribution in [3.63, 3.8) is 0 Å². The van der Waals surface area contributed by atoms with Crippen molar-refractivity contribution in [1.29, 1.82) is 0 Å². The van der Waals surface area contributed by atoms with Gasteiger partial charge in [-0.05, 0) is 51.0 Å². The molecule has 0 saturated carbocycles. The Balaban J connectivity index is 1.70. The number of thiophene rings is 1. The lowest BCUT2D eigenvalue weighted by Gasteiger charge is -2.38. The quantitative estimate of drug-likeness (QED) is 0.414. The molecule has 0 fully saturated rings. The van der Waals surface area contributed by atoms with Crippen LogP contribution in [-0.2, 0) is 14.3 Å². The van der Waals surface area contributed by atoms with E-state index in [1.54, 1.807) is 25.4 Å². The van der Waals surface area contributed by atoms with Gasteiger partial charge in [0.2, 0.25) is 0 Å². The topological polar surface area (TPSA) is 84.9 Å². The van der Waals surface area contributed by atoms with Gasteiger partial charge in [-0.2, -0.15) is 0 Å². The number of amides is 2. The Bertz CT molecular complexity index is 1280. The first-order valence-corrected chi connectivity index (χ1v) is 11.8. The van der Waals surface area contributed by atoms with Gasteiger partial charge in [-0.15, -0.1) is 11.3 Å². The van der Waals surface area contributed by atoms with E-state index in [9.17, 15) is 14.4 Å². The zero-order chi connectivity index (χ0) is 24.6. The minimum atomic E-state index is -1.81. The number of hydrogen-bond donors (Lipinski definition) is 1. The van der Waals surface area contributed by atoms with Crippen molar-refractivity contribution < 1.29 is 23.9 Å². The lowest BCUT2D eigenvalue weighted by molar-refractivity contribution is -0.144. The molecule has 2 amide bonds. The number of likely N-dealkylation sites (N-methyl/N-ethyl adjacent to an activating group) is 1. The zero-order valence-electron chi connectivity index (χ0n) is 19.7. The molecule has 176 valence electrons. The average molecular weight is 479 g/mol. The van der Waals surface area contributed by atoms with Crippen LogP contribution >= 0.6 is 11.3 Å². The number of nitrogens with one attached hydrogen (secondary N) is 1. The monoisotopic (exact) mass is 478 g/mol. The van der Waals surface area contributed by atoms with Crippen LogP contribution in [0, 0.1) is 13.8 Å². The Kier molecular flexibility index (Phi) is 6.18. The molecule has 4 rings (SSSR count). The fraction of sp³-hybridized carbons (Fsp3) is 0.269. The molecule has 3 aromatic rings. The smallest absolute Gasteiger partial charge is 0.341 e. The first-order chi connectivity index (χ1) is 16.2. The molecule has 1 N–H and O–H groups in total. The van der Waals surface area contributed by atoms with Crippen LogP contribution in [0.15, 0.2) is 47.8 Å². The second-order valence-corrected chi connectivity index (χ2v) is 9.24. The number of rotatable bonds is 5. The summed E-state index contributed by atoms with van der Waals surface area (Å²) in [6.45, 7) is 7.24. The maximum atomic E-state index is 13.4. The van der Waals surface area contributed by atoms with E-state index in [0.29, 0.717) is 22.0 Å². The van der Waals surface area contributed by atoms with E-state index in [0.717, 1.165) is 16.7 Å². The molecule has 1 aliphatic heterocycles. The molecule has 1 aromatic heterocycles. The molecule has 0 spiro atoms. The van der Waals surface area contributed by atoms with Crippen molar-refractivity contribution >= 4 is 39.8 Å². The molecule has 1 aliphatic rings. The third kappa shape index (κ3) is 4.05. The van der Waals surface area contributed by atoms with Crippen LogP contribution in [-0.4, -0.2) is 37.0 Å². The normalized spacial score (nSPS) is 17.1. The summed E-state index contributed by atoms with van der Waals surface area (Å²) >= 11 is 1.20. The molecule has 34 heavy (non-hydrogen) atoms. The Morgan fingerprint density at radius 2 is 1.79 bits per heavy atom. The summed E-state index contributed by atoms with van der Waals surface area (Å²) in [6.07, 6.45) is 0. The maximum absolute atomic E-state index is 13.4. The maximum Gasteiger partial charge on any atom is 0.341 e. The van der Waals surface area contributed by atoms with Gasteiger partial charge in [0.1, 0.15) is 16.3 Å². The third-order valence-electron chi connectivity index (χ3n) is 5.80. The van der Waals surface area contributed by atoms with Crippen molar-refractivity contribution in [3.8, 4) is 16.9 Å². The number of esters is 1. The number of benzene rings is 2. The molecule has 0 aliphatic carbocycles. The summed E-state index contributed by atoms with van der Waals surface area (Å²) in [4.78, 5) is 40.9. The van der Waals surface area contributed by atoms with Gasteiger partial charge in [0, 0.05) is 18.0 Å². The fourth-order valence-corrected chi connectivity index (χ4v) is 4.79. The van der Waals surface area contributed by atoms with Gasteiger partial charge in [0.05, 0.1) is 12.3 Å². The third-order valence-corrected chi connectivity index (χ3v) is 6.69. The van der Waals surface area contributed by atoms with E-state index in [1.807, 2.05) is 50.2 Å². The molecule has 0 saturated heterocycles. The lowest BCUT2D eigenvalue weighted by Crippen LogP contribution is -2.59. The van der Waals surface area contributed by atoms with Crippen LogP contribution in [0.4, 0.5) is 10.7 Å². The SMILES string of the molecule is CCOC(=O)c1c(-c2ccc(C)cc2)csc1NC(=O)C1(C)Oc2ccc(C)cc2N(C)C1=O. The molecule has 1 unspecified atom stereocenters. The van der Waals surface area contributed by atoms with Gasteiger partial charge < -0.3 is 19.7 Å². The predicted octanol–water partition coefficient (Wildman–Crippen LogP) is 4.96. The molecule has 0 radical (unpaired) electrons. The van der Waals surface area contributed by atoms with Gasteiger partial charge in [-0.25, -0.2) is 4.79 Å². The molecule has 2 aromatic carbocycles. The Hall–Kier alpha value is -3.65. The van der Waals surface area contributed by atoms with Gasteiger partial charge in [0.15, 0.2) is 0 Å². The standard InChI is InChI=1S/C26H26N2O5S/c1-6-32-23(29)21-18(17-10-7-15(2)8-11-17)14-34-22(21)27-24(30)26(4)25(31)28(5)19-13-16(3)9-12-20(19)33-26/h7-14H,6H2,1-5H3,(H,27,30). The van der Waals surface area contributed by atoms with Crippen molar-refractivity contribution in [1.82, 2.24) is 0 Å². The molecule has 7 nitrogen and oxygen atoms in total. The molecule has 8 heteroatoms. The number of nitrogens with zero attached hydrogens (tertiary/aromatic N) is 1. The summed E-state index contributed by atoms with van der Waals surface area (Å²) in [5, 5.41) is 4.86. The van der Waals surface area contributed by atoms with E-state index in [4.69, 9.17) is 9.47 Å². The van der Waals surface area contributed by atoms with Gasteiger partial charge in [-0.1, -0.05) is 35.9 Å². The van der Waals surface area contributed by atoms with Crippen molar-refractivity contribution in [2.75, 3.05) is 23.9 Å². The van der Waals surface area contributed by atoms with E-state index in [2.05, 4.69) is 5.32 Å². The van der Waals surface area contributed by atoms with Gasteiger partial charge >= 0.3 is 5.97 Å². The van der Waals surface area contributed by atoms with E-state index >= 15 is 0 Å². The second-order valence-electron chi connectivity index (χ2n) is 8.36.